The first kappa shape index (κ1) is 16.1. The lowest BCUT2D eigenvalue weighted by atomic mass is 10.2. The Morgan fingerprint density at radius 2 is 2.10 bits per heavy atom. The number of anilines is 1. The number of methoxy groups -OCH3 is 1. The number of ether oxygens (including phenoxy) is 1. The minimum atomic E-state index is 0. The first-order chi connectivity index (χ1) is 9.76. The van der Waals surface area contributed by atoms with E-state index in [0.717, 1.165) is 18.8 Å². The van der Waals surface area contributed by atoms with Gasteiger partial charge in [0.1, 0.15) is 5.75 Å². The zero-order valence-electron chi connectivity index (χ0n) is 12.0. The first-order valence-electron chi connectivity index (χ1n) is 6.82. The average Bonchev–Trinajstić information content (AvgIpc) is 3.23. The molecule has 0 amide bonds. The third-order valence-electron chi connectivity index (χ3n) is 3.56. The molecule has 6 heteroatoms. The van der Waals surface area contributed by atoms with Crippen LogP contribution < -0.4 is 10.5 Å². The molecule has 114 valence electrons. The summed E-state index contributed by atoms with van der Waals surface area (Å²) >= 11 is 1.58. The number of benzene rings is 1. The number of halogens is 1. The monoisotopic (exact) mass is 325 g/mol. The van der Waals surface area contributed by atoms with Crippen LogP contribution in [0, 0.1) is 0 Å². The molecule has 0 saturated heterocycles. The summed E-state index contributed by atoms with van der Waals surface area (Å²) in [6.07, 6.45) is 4.45. The van der Waals surface area contributed by atoms with Crippen molar-refractivity contribution in [2.75, 3.05) is 12.8 Å². The number of rotatable bonds is 6. The fourth-order valence-corrected chi connectivity index (χ4v) is 3.11. The minimum Gasteiger partial charge on any atom is -0.496 e. The maximum Gasteiger partial charge on any atom is 0.180 e. The average molecular weight is 326 g/mol. The molecule has 1 fully saturated rings. The molecule has 0 unspecified atom stereocenters. The van der Waals surface area contributed by atoms with Gasteiger partial charge in [-0.25, -0.2) is 4.98 Å². The fraction of sp³-hybridized carbons (Fsp3) is 0.400. The van der Waals surface area contributed by atoms with Gasteiger partial charge in [-0.1, -0.05) is 18.2 Å². The van der Waals surface area contributed by atoms with Gasteiger partial charge in [0.15, 0.2) is 5.13 Å². The standard InChI is InChI=1S/C15H19N3OS.ClH/c1-19-14-5-3-2-4-11(14)9-18(12-6-7-12)10-13-8-17-15(16)20-13;/h2-5,8,12H,6-7,9-10H2,1H3,(H2,16,17);1H. The molecule has 1 aromatic heterocycles. The summed E-state index contributed by atoms with van der Waals surface area (Å²) in [5, 5.41) is 0.646. The normalized spacial score (nSPS) is 14.0. The number of nitrogens with two attached hydrogens (primary N) is 1. The Hall–Kier alpha value is -1.30. The Morgan fingerprint density at radius 3 is 2.71 bits per heavy atom. The fourth-order valence-electron chi connectivity index (χ4n) is 2.40. The summed E-state index contributed by atoms with van der Waals surface area (Å²) in [5.41, 5.74) is 6.95. The summed E-state index contributed by atoms with van der Waals surface area (Å²) in [7, 11) is 1.73. The lowest BCUT2D eigenvalue weighted by molar-refractivity contribution is 0.244. The van der Waals surface area contributed by atoms with E-state index < -0.39 is 0 Å². The molecule has 1 aliphatic carbocycles. The van der Waals surface area contributed by atoms with Crippen molar-refractivity contribution < 1.29 is 4.74 Å². The van der Waals surface area contributed by atoms with E-state index >= 15 is 0 Å². The molecule has 0 atom stereocenters. The molecule has 1 saturated carbocycles. The number of thiazole rings is 1. The van der Waals surface area contributed by atoms with Gasteiger partial charge in [0.05, 0.1) is 7.11 Å². The van der Waals surface area contributed by atoms with Crippen LogP contribution in [0.25, 0.3) is 0 Å². The van der Waals surface area contributed by atoms with Crippen LogP contribution in [-0.2, 0) is 13.1 Å². The molecular weight excluding hydrogens is 306 g/mol. The van der Waals surface area contributed by atoms with Gasteiger partial charge >= 0.3 is 0 Å². The molecular formula is C15H20ClN3OS. The summed E-state index contributed by atoms with van der Waals surface area (Å²) in [6.45, 7) is 1.82. The third-order valence-corrected chi connectivity index (χ3v) is 4.37. The topological polar surface area (TPSA) is 51.4 Å². The predicted molar refractivity (Wildman–Crippen MR) is 89.0 cm³/mol. The highest BCUT2D eigenvalue weighted by atomic mass is 35.5. The number of nitrogens with zero attached hydrogens (tertiary/aromatic N) is 2. The van der Waals surface area contributed by atoms with Crippen LogP contribution in [0.5, 0.6) is 5.75 Å². The van der Waals surface area contributed by atoms with Crippen molar-refractivity contribution in [3.8, 4) is 5.75 Å². The maximum absolute atomic E-state index is 5.71. The Kier molecular flexibility index (Phi) is 5.45. The van der Waals surface area contributed by atoms with E-state index in [1.807, 2.05) is 18.3 Å². The molecule has 2 N–H and O–H groups in total. The van der Waals surface area contributed by atoms with Gasteiger partial charge in [-0.3, -0.25) is 4.90 Å². The molecule has 1 aliphatic rings. The lowest BCUT2D eigenvalue weighted by Crippen LogP contribution is -2.24. The van der Waals surface area contributed by atoms with Crippen molar-refractivity contribution >= 4 is 28.9 Å². The number of para-hydroxylation sites is 1. The van der Waals surface area contributed by atoms with Crippen molar-refractivity contribution in [1.82, 2.24) is 9.88 Å². The van der Waals surface area contributed by atoms with Gasteiger partial charge in [-0.05, 0) is 18.9 Å². The summed E-state index contributed by atoms with van der Waals surface area (Å²) in [5.74, 6) is 0.960. The van der Waals surface area contributed by atoms with Crippen LogP contribution >= 0.6 is 23.7 Å². The van der Waals surface area contributed by atoms with Crippen molar-refractivity contribution in [2.45, 2.75) is 32.0 Å². The van der Waals surface area contributed by atoms with E-state index in [4.69, 9.17) is 10.5 Å². The quantitative estimate of drug-likeness (QED) is 0.885. The van der Waals surface area contributed by atoms with Gasteiger partial charge in [-0.15, -0.1) is 23.7 Å². The van der Waals surface area contributed by atoms with Crippen LogP contribution in [0.15, 0.2) is 30.5 Å². The van der Waals surface area contributed by atoms with E-state index in [0.29, 0.717) is 11.2 Å². The van der Waals surface area contributed by atoms with Gasteiger partial charge in [-0.2, -0.15) is 0 Å². The van der Waals surface area contributed by atoms with Crippen molar-refractivity contribution in [3.05, 3.63) is 40.9 Å². The second-order valence-corrected chi connectivity index (χ2v) is 6.26. The van der Waals surface area contributed by atoms with Gasteiger partial charge in [0.2, 0.25) is 0 Å². The highest BCUT2D eigenvalue weighted by molar-refractivity contribution is 7.15. The van der Waals surface area contributed by atoms with Crippen LogP contribution in [-0.4, -0.2) is 23.0 Å². The summed E-state index contributed by atoms with van der Waals surface area (Å²) in [4.78, 5) is 7.85. The molecule has 0 radical (unpaired) electrons. The van der Waals surface area contributed by atoms with E-state index in [2.05, 4.69) is 22.0 Å². The predicted octanol–water partition coefficient (Wildman–Crippen LogP) is 3.32. The highest BCUT2D eigenvalue weighted by Crippen LogP contribution is 2.32. The van der Waals surface area contributed by atoms with E-state index in [1.54, 1.807) is 18.4 Å². The van der Waals surface area contributed by atoms with E-state index in [1.165, 1.54) is 23.3 Å². The Balaban J connectivity index is 0.00000161. The van der Waals surface area contributed by atoms with Crippen molar-refractivity contribution in [3.63, 3.8) is 0 Å². The molecule has 1 heterocycles. The van der Waals surface area contributed by atoms with E-state index in [9.17, 15) is 0 Å². The number of hydrogen-bond donors (Lipinski definition) is 1. The number of aromatic nitrogens is 1. The number of hydrogen-bond acceptors (Lipinski definition) is 5. The molecule has 0 spiro atoms. The number of nitrogen functional groups attached to an aromatic ring is 1. The molecule has 4 nitrogen and oxygen atoms in total. The van der Waals surface area contributed by atoms with Crippen LogP contribution in [0.1, 0.15) is 23.3 Å². The summed E-state index contributed by atoms with van der Waals surface area (Å²) in [6, 6.07) is 8.91. The Morgan fingerprint density at radius 1 is 1.33 bits per heavy atom. The molecule has 0 bridgehead atoms. The lowest BCUT2D eigenvalue weighted by Gasteiger charge is -2.22. The van der Waals surface area contributed by atoms with Crippen LogP contribution in [0.4, 0.5) is 5.13 Å². The van der Waals surface area contributed by atoms with Gasteiger partial charge in [0.25, 0.3) is 0 Å². The maximum atomic E-state index is 5.71. The smallest absolute Gasteiger partial charge is 0.180 e. The third kappa shape index (κ3) is 4.09. The molecule has 2 aromatic rings. The van der Waals surface area contributed by atoms with Crippen LogP contribution in [0.2, 0.25) is 0 Å². The van der Waals surface area contributed by atoms with Crippen LogP contribution in [0.3, 0.4) is 0 Å². The second kappa shape index (κ2) is 7.11. The van der Waals surface area contributed by atoms with Crippen molar-refractivity contribution in [2.24, 2.45) is 0 Å². The molecule has 0 aliphatic heterocycles. The second-order valence-electron chi connectivity index (χ2n) is 5.11. The van der Waals surface area contributed by atoms with Gasteiger partial charge in [0, 0.05) is 35.8 Å². The Labute approximate surface area is 135 Å². The molecule has 3 rings (SSSR count). The van der Waals surface area contributed by atoms with Crippen molar-refractivity contribution in [1.29, 1.82) is 0 Å². The summed E-state index contributed by atoms with van der Waals surface area (Å²) < 4.78 is 5.44. The largest absolute Gasteiger partial charge is 0.496 e. The molecule has 21 heavy (non-hydrogen) atoms. The highest BCUT2D eigenvalue weighted by Gasteiger charge is 2.29. The zero-order valence-corrected chi connectivity index (χ0v) is 13.6. The Bertz CT molecular complexity index is 586. The zero-order chi connectivity index (χ0) is 13.9. The minimum absolute atomic E-state index is 0. The van der Waals surface area contributed by atoms with E-state index in [-0.39, 0.29) is 12.4 Å². The molecule has 1 aromatic carbocycles. The first-order valence-corrected chi connectivity index (χ1v) is 7.64. The van der Waals surface area contributed by atoms with Gasteiger partial charge < -0.3 is 10.5 Å². The SMILES string of the molecule is COc1ccccc1CN(Cc1cnc(N)s1)C1CC1.Cl.